The summed E-state index contributed by atoms with van der Waals surface area (Å²) in [6.07, 6.45) is 49.2. The Bertz CT molecular complexity index is 1040. The fraction of sp³-hybridized carbons (Fsp3) is 0.865. The third kappa shape index (κ3) is 41.2. The lowest BCUT2D eigenvalue weighted by atomic mass is 10.0. The van der Waals surface area contributed by atoms with Gasteiger partial charge in [-0.05, 0) is 38.5 Å². The van der Waals surface area contributed by atoms with Gasteiger partial charge in [-0.25, -0.2) is 0 Å². The number of rotatable bonds is 46. The van der Waals surface area contributed by atoms with Crippen LogP contribution in [0.1, 0.15) is 239 Å². The molecular formula is C52H97NO7. The van der Waals surface area contributed by atoms with Gasteiger partial charge in [0.05, 0.1) is 40.3 Å². The predicted molar refractivity (Wildman–Crippen MR) is 250 cm³/mol. The van der Waals surface area contributed by atoms with Crippen LogP contribution in [0.5, 0.6) is 0 Å². The van der Waals surface area contributed by atoms with Crippen molar-refractivity contribution in [1.29, 1.82) is 0 Å². The minimum Gasteiger partial charge on any atom is -0.544 e. The van der Waals surface area contributed by atoms with E-state index >= 15 is 0 Å². The largest absolute Gasteiger partial charge is 0.544 e. The Morgan fingerprint density at radius 1 is 0.517 bits per heavy atom. The smallest absolute Gasteiger partial charge is 0.306 e. The van der Waals surface area contributed by atoms with Gasteiger partial charge in [0.2, 0.25) is 0 Å². The average molecular weight is 848 g/mol. The van der Waals surface area contributed by atoms with Crippen LogP contribution in [-0.4, -0.2) is 75.5 Å². The molecule has 0 heterocycles. The SMILES string of the molecule is CC/C=C/C/C=C/CCCCCCCCCCCCCCCCC(=O)OCC(COCCC(C(=O)[O-])[N+](C)(C)C)OC(=O)CCCCCCCCCCCCCCCCC. The summed E-state index contributed by atoms with van der Waals surface area (Å²) in [6.45, 7) is 4.60. The van der Waals surface area contributed by atoms with Crippen molar-refractivity contribution in [2.24, 2.45) is 0 Å². The summed E-state index contributed by atoms with van der Waals surface area (Å²) in [5, 5.41) is 11.7. The molecule has 8 heteroatoms. The lowest BCUT2D eigenvalue weighted by molar-refractivity contribution is -0.889. The second-order valence-corrected chi connectivity index (χ2v) is 18.4. The van der Waals surface area contributed by atoms with Crippen LogP contribution in [0.2, 0.25) is 0 Å². The molecule has 0 rings (SSSR count). The van der Waals surface area contributed by atoms with Crippen molar-refractivity contribution in [2.45, 2.75) is 251 Å². The molecule has 0 N–H and O–H groups in total. The molecule has 0 aromatic rings. The van der Waals surface area contributed by atoms with Gasteiger partial charge in [-0.15, -0.1) is 0 Å². The maximum Gasteiger partial charge on any atom is 0.306 e. The van der Waals surface area contributed by atoms with Crippen LogP contribution in [0, 0.1) is 0 Å². The number of allylic oxidation sites excluding steroid dienone is 4. The highest BCUT2D eigenvalue weighted by Crippen LogP contribution is 2.16. The Morgan fingerprint density at radius 3 is 1.37 bits per heavy atom. The number of carbonyl (C=O) groups is 3. The van der Waals surface area contributed by atoms with Crippen molar-refractivity contribution in [3.63, 3.8) is 0 Å². The number of carbonyl (C=O) groups excluding carboxylic acids is 3. The summed E-state index contributed by atoms with van der Waals surface area (Å²) in [6, 6.07) is -0.722. The maximum atomic E-state index is 12.8. The van der Waals surface area contributed by atoms with E-state index in [1.54, 1.807) is 0 Å². The first kappa shape index (κ1) is 57.8. The monoisotopic (exact) mass is 848 g/mol. The third-order valence-corrected chi connectivity index (χ3v) is 11.6. The molecular weight excluding hydrogens is 751 g/mol. The molecule has 2 atom stereocenters. The lowest BCUT2D eigenvalue weighted by Crippen LogP contribution is -2.55. The van der Waals surface area contributed by atoms with Gasteiger partial charge in [-0.1, -0.05) is 205 Å². The van der Waals surface area contributed by atoms with Crippen LogP contribution < -0.4 is 5.11 Å². The number of aliphatic carboxylic acids is 1. The van der Waals surface area contributed by atoms with Crippen LogP contribution in [0.25, 0.3) is 0 Å². The van der Waals surface area contributed by atoms with E-state index in [0.29, 0.717) is 12.8 Å². The zero-order valence-electron chi connectivity index (χ0n) is 40.1. The van der Waals surface area contributed by atoms with Crippen LogP contribution >= 0.6 is 0 Å². The number of esters is 2. The number of likely N-dealkylation sites (N-methyl/N-ethyl adjacent to an activating group) is 1. The fourth-order valence-electron chi connectivity index (χ4n) is 7.70. The molecule has 0 aromatic carbocycles. The summed E-state index contributed by atoms with van der Waals surface area (Å²) in [5.41, 5.74) is 0. The van der Waals surface area contributed by atoms with E-state index in [4.69, 9.17) is 14.2 Å². The molecule has 2 unspecified atom stereocenters. The molecule has 0 aliphatic heterocycles. The van der Waals surface area contributed by atoms with Crippen molar-refractivity contribution >= 4 is 17.9 Å². The zero-order valence-corrected chi connectivity index (χ0v) is 40.1. The summed E-state index contributed by atoms with van der Waals surface area (Å²) in [7, 11) is 5.42. The molecule has 0 aliphatic rings. The molecule has 0 radical (unpaired) electrons. The topological polar surface area (TPSA) is 102 Å². The van der Waals surface area contributed by atoms with Crippen LogP contribution in [0.4, 0.5) is 0 Å². The molecule has 0 bridgehead atoms. The second-order valence-electron chi connectivity index (χ2n) is 18.4. The van der Waals surface area contributed by atoms with Gasteiger partial charge in [-0.2, -0.15) is 0 Å². The Hall–Kier alpha value is -2.19. The van der Waals surface area contributed by atoms with Crippen LogP contribution in [-0.2, 0) is 28.6 Å². The van der Waals surface area contributed by atoms with E-state index in [0.717, 1.165) is 51.4 Å². The van der Waals surface area contributed by atoms with E-state index in [2.05, 4.69) is 38.2 Å². The van der Waals surface area contributed by atoms with Crippen molar-refractivity contribution in [3.8, 4) is 0 Å². The fourth-order valence-corrected chi connectivity index (χ4v) is 7.70. The maximum absolute atomic E-state index is 12.8. The van der Waals surface area contributed by atoms with Crippen molar-refractivity contribution < 1.29 is 38.2 Å². The average Bonchev–Trinajstić information content (AvgIpc) is 3.21. The molecule has 60 heavy (non-hydrogen) atoms. The summed E-state index contributed by atoms with van der Waals surface area (Å²) >= 11 is 0. The summed E-state index contributed by atoms with van der Waals surface area (Å²) in [4.78, 5) is 37.0. The quantitative estimate of drug-likeness (QED) is 0.0260. The number of carboxylic acid groups (broad SMARTS) is 1. The molecule has 0 saturated carbocycles. The van der Waals surface area contributed by atoms with Gasteiger partial charge < -0.3 is 28.6 Å². The molecule has 8 nitrogen and oxygen atoms in total. The number of carboxylic acids is 1. The molecule has 352 valence electrons. The summed E-state index contributed by atoms with van der Waals surface area (Å²) < 4.78 is 17.2. The number of hydrogen-bond acceptors (Lipinski definition) is 7. The predicted octanol–water partition coefficient (Wildman–Crippen LogP) is 13.1. The van der Waals surface area contributed by atoms with Crippen LogP contribution in [0.15, 0.2) is 24.3 Å². The Balaban J connectivity index is 4.18. The standard InChI is InChI=1S/C52H97NO7/c1-6-8-10-12-14-16-18-20-22-23-24-25-26-27-29-30-32-34-36-38-40-42-50(54)59-47-48(46-58-45-44-49(52(56)57)53(3,4)5)60-51(55)43-41-39-37-35-33-31-28-21-19-17-15-13-11-9-7-2/h8,10,14,16,48-49H,6-7,9,11-13,15,17-47H2,1-5H3/b10-8+,16-14+. The number of unbranched alkanes of at least 4 members (excludes halogenated alkanes) is 28. The molecule has 0 saturated heterocycles. The Labute approximate surface area is 371 Å². The van der Waals surface area contributed by atoms with Crippen molar-refractivity contribution in [2.75, 3.05) is 41.0 Å². The molecule has 0 amide bonds. The Kier molecular flexibility index (Phi) is 41.9. The molecule has 0 aromatic heterocycles. The van der Waals surface area contributed by atoms with Gasteiger partial charge in [0, 0.05) is 19.3 Å². The first-order chi connectivity index (χ1) is 29.1. The first-order valence-electron chi connectivity index (χ1n) is 25.4. The van der Waals surface area contributed by atoms with E-state index in [1.807, 2.05) is 21.1 Å². The zero-order chi connectivity index (χ0) is 44.2. The number of nitrogens with zero attached hydrogens (tertiary/aromatic N) is 1. The number of quaternary nitrogens is 1. The van der Waals surface area contributed by atoms with E-state index < -0.39 is 18.1 Å². The van der Waals surface area contributed by atoms with Crippen LogP contribution in [0.3, 0.4) is 0 Å². The van der Waals surface area contributed by atoms with Crippen molar-refractivity contribution in [1.82, 2.24) is 0 Å². The Morgan fingerprint density at radius 2 is 0.933 bits per heavy atom. The molecule has 0 aliphatic carbocycles. The number of hydrogen-bond donors (Lipinski definition) is 0. The minimum atomic E-state index is -1.12. The number of ether oxygens (including phenoxy) is 3. The molecule has 0 fully saturated rings. The highest BCUT2D eigenvalue weighted by atomic mass is 16.6. The third-order valence-electron chi connectivity index (χ3n) is 11.6. The van der Waals surface area contributed by atoms with Crippen molar-refractivity contribution in [3.05, 3.63) is 24.3 Å². The second kappa shape index (κ2) is 43.5. The lowest BCUT2D eigenvalue weighted by Gasteiger charge is -2.34. The normalized spacial score (nSPS) is 13.0. The van der Waals surface area contributed by atoms with Gasteiger partial charge in [0.1, 0.15) is 12.6 Å². The van der Waals surface area contributed by atoms with Gasteiger partial charge in [0.15, 0.2) is 6.10 Å². The van der Waals surface area contributed by atoms with Gasteiger partial charge in [-0.3, -0.25) is 9.59 Å². The summed E-state index contributed by atoms with van der Waals surface area (Å²) in [5.74, 6) is -1.72. The first-order valence-corrected chi connectivity index (χ1v) is 25.4. The van der Waals surface area contributed by atoms with E-state index in [9.17, 15) is 19.5 Å². The van der Waals surface area contributed by atoms with Gasteiger partial charge in [0.25, 0.3) is 0 Å². The minimum absolute atomic E-state index is 0.0462. The van der Waals surface area contributed by atoms with E-state index in [-0.39, 0.29) is 42.7 Å². The van der Waals surface area contributed by atoms with Gasteiger partial charge >= 0.3 is 11.9 Å². The highest BCUT2D eigenvalue weighted by molar-refractivity contribution is 5.70. The van der Waals surface area contributed by atoms with E-state index in [1.165, 1.54) is 154 Å². The molecule has 0 spiro atoms. The highest BCUT2D eigenvalue weighted by Gasteiger charge is 2.25.